The topological polar surface area (TPSA) is 87.3 Å². The number of nitrogens with two attached hydrogens (primary N) is 1. The molecular weight excluding hydrogens is 309 g/mol. The van der Waals surface area contributed by atoms with Crippen molar-refractivity contribution in [2.75, 3.05) is 13.2 Å². The van der Waals surface area contributed by atoms with Gasteiger partial charge >= 0.3 is 0 Å². The molecule has 0 atom stereocenters. The number of amides is 1. The number of nitrogens with zero attached hydrogens (tertiary/aromatic N) is 2. The van der Waals surface area contributed by atoms with E-state index in [9.17, 15) is 9.18 Å². The second-order valence-corrected chi connectivity index (χ2v) is 5.63. The SMILES string of the molecule is NC(=O)c1ccc(Oc2nc(C3CCOCC3)ns2)c(F)c1. The van der Waals surface area contributed by atoms with Crippen LogP contribution >= 0.6 is 11.5 Å². The van der Waals surface area contributed by atoms with Crippen molar-refractivity contribution >= 4 is 17.4 Å². The van der Waals surface area contributed by atoms with E-state index >= 15 is 0 Å². The molecule has 1 aromatic heterocycles. The average molecular weight is 323 g/mol. The summed E-state index contributed by atoms with van der Waals surface area (Å²) in [6.07, 6.45) is 1.75. The number of halogens is 1. The Morgan fingerprint density at radius 2 is 2.18 bits per heavy atom. The molecule has 116 valence electrons. The van der Waals surface area contributed by atoms with Crippen molar-refractivity contribution in [1.82, 2.24) is 9.36 Å². The summed E-state index contributed by atoms with van der Waals surface area (Å²) in [5.41, 5.74) is 5.18. The monoisotopic (exact) mass is 323 g/mol. The van der Waals surface area contributed by atoms with E-state index in [4.69, 9.17) is 15.2 Å². The third-order valence-corrected chi connectivity index (χ3v) is 4.03. The molecule has 2 N–H and O–H groups in total. The fraction of sp³-hybridized carbons (Fsp3) is 0.357. The maximum absolute atomic E-state index is 13.9. The number of primary amides is 1. The summed E-state index contributed by atoms with van der Waals surface area (Å²) in [5, 5.41) is 0.271. The van der Waals surface area contributed by atoms with Gasteiger partial charge in [0.1, 0.15) is 5.82 Å². The standard InChI is InChI=1S/C14H14FN3O3S/c15-10-7-9(12(16)19)1-2-11(10)21-14-17-13(18-22-14)8-3-5-20-6-4-8/h1-2,7-8H,3-6H2,(H2,16,19). The van der Waals surface area contributed by atoms with Crippen molar-refractivity contribution in [2.45, 2.75) is 18.8 Å². The van der Waals surface area contributed by atoms with Gasteiger partial charge in [0, 0.05) is 36.2 Å². The molecule has 2 aromatic rings. The van der Waals surface area contributed by atoms with E-state index < -0.39 is 11.7 Å². The van der Waals surface area contributed by atoms with Crippen LogP contribution in [0, 0.1) is 5.82 Å². The van der Waals surface area contributed by atoms with Crippen molar-refractivity contribution in [3.05, 3.63) is 35.4 Å². The summed E-state index contributed by atoms with van der Waals surface area (Å²) in [6.45, 7) is 1.40. The van der Waals surface area contributed by atoms with Crippen molar-refractivity contribution < 1.29 is 18.7 Å². The van der Waals surface area contributed by atoms with Crippen LogP contribution in [-0.2, 0) is 4.74 Å². The molecule has 0 aliphatic carbocycles. The van der Waals surface area contributed by atoms with Gasteiger partial charge in [-0.1, -0.05) is 0 Å². The molecule has 0 saturated carbocycles. The molecule has 8 heteroatoms. The summed E-state index contributed by atoms with van der Waals surface area (Å²) >= 11 is 1.07. The highest BCUT2D eigenvalue weighted by molar-refractivity contribution is 7.07. The number of ether oxygens (including phenoxy) is 2. The Kier molecular flexibility index (Phi) is 4.30. The molecule has 0 unspecified atom stereocenters. The second-order valence-electron chi connectivity index (χ2n) is 4.92. The molecule has 6 nitrogen and oxygen atoms in total. The third-order valence-electron chi connectivity index (χ3n) is 3.42. The lowest BCUT2D eigenvalue weighted by molar-refractivity contribution is 0.0837. The van der Waals surface area contributed by atoms with E-state index in [-0.39, 0.29) is 22.4 Å². The van der Waals surface area contributed by atoms with E-state index in [1.165, 1.54) is 12.1 Å². The molecule has 1 amide bonds. The molecule has 1 fully saturated rings. The minimum absolute atomic E-state index is 0.0142. The molecule has 22 heavy (non-hydrogen) atoms. The smallest absolute Gasteiger partial charge is 0.298 e. The normalized spacial score (nSPS) is 15.7. The lowest BCUT2D eigenvalue weighted by Gasteiger charge is -2.18. The summed E-state index contributed by atoms with van der Waals surface area (Å²) in [5.74, 6) is -0.413. The number of benzene rings is 1. The van der Waals surface area contributed by atoms with Gasteiger partial charge in [-0.3, -0.25) is 4.79 Å². The van der Waals surface area contributed by atoms with Gasteiger partial charge in [-0.05, 0) is 31.0 Å². The Hall–Kier alpha value is -2.06. The minimum Gasteiger partial charge on any atom is -0.427 e. The Morgan fingerprint density at radius 3 is 2.86 bits per heavy atom. The number of aromatic nitrogens is 2. The number of rotatable bonds is 4. The molecule has 0 spiro atoms. The van der Waals surface area contributed by atoms with E-state index in [0.717, 1.165) is 30.4 Å². The van der Waals surface area contributed by atoms with Crippen LogP contribution in [0.25, 0.3) is 0 Å². The number of carbonyl (C=O) groups excluding carboxylic acids is 1. The average Bonchev–Trinajstić information content (AvgIpc) is 2.98. The Labute approximate surface area is 130 Å². The highest BCUT2D eigenvalue weighted by Gasteiger charge is 2.21. The fourth-order valence-corrected chi connectivity index (χ4v) is 2.84. The third kappa shape index (κ3) is 3.23. The molecule has 1 aromatic carbocycles. The van der Waals surface area contributed by atoms with Crippen LogP contribution in [0.1, 0.15) is 34.9 Å². The quantitative estimate of drug-likeness (QED) is 0.934. The Bertz CT molecular complexity index is 686. The second kappa shape index (κ2) is 6.37. The number of carbonyl (C=O) groups is 1. The number of hydrogen-bond acceptors (Lipinski definition) is 6. The molecular formula is C14H14FN3O3S. The van der Waals surface area contributed by atoms with Gasteiger partial charge in [0.15, 0.2) is 11.6 Å². The van der Waals surface area contributed by atoms with Gasteiger partial charge in [-0.2, -0.15) is 9.36 Å². The zero-order valence-electron chi connectivity index (χ0n) is 11.6. The first kappa shape index (κ1) is 14.9. The molecule has 1 saturated heterocycles. The molecule has 0 bridgehead atoms. The zero-order chi connectivity index (χ0) is 15.5. The maximum atomic E-state index is 13.9. The zero-order valence-corrected chi connectivity index (χ0v) is 12.4. The minimum atomic E-state index is -0.692. The van der Waals surface area contributed by atoms with Gasteiger partial charge < -0.3 is 15.2 Å². The van der Waals surface area contributed by atoms with E-state index in [1.807, 2.05) is 0 Å². The molecule has 2 heterocycles. The highest BCUT2D eigenvalue weighted by Crippen LogP contribution is 2.31. The van der Waals surface area contributed by atoms with E-state index in [0.29, 0.717) is 19.0 Å². The lowest BCUT2D eigenvalue weighted by Crippen LogP contribution is -2.15. The van der Waals surface area contributed by atoms with Crippen LogP contribution in [-0.4, -0.2) is 28.5 Å². The summed E-state index contributed by atoms with van der Waals surface area (Å²) in [4.78, 5) is 15.3. The summed E-state index contributed by atoms with van der Waals surface area (Å²) < 4.78 is 28.8. The van der Waals surface area contributed by atoms with Crippen LogP contribution in [0.4, 0.5) is 4.39 Å². The first-order valence-electron chi connectivity index (χ1n) is 6.82. The molecule has 1 aliphatic heterocycles. The molecule has 3 rings (SSSR count). The van der Waals surface area contributed by atoms with E-state index in [2.05, 4.69) is 9.36 Å². The molecule has 1 aliphatic rings. The summed E-state index contributed by atoms with van der Waals surface area (Å²) in [6, 6.07) is 3.80. The van der Waals surface area contributed by atoms with Gasteiger partial charge in [-0.25, -0.2) is 4.39 Å². The predicted molar refractivity (Wildman–Crippen MR) is 77.7 cm³/mol. The van der Waals surface area contributed by atoms with Gasteiger partial charge in [0.05, 0.1) is 0 Å². The van der Waals surface area contributed by atoms with Gasteiger partial charge in [0.2, 0.25) is 5.91 Å². The van der Waals surface area contributed by atoms with Crippen molar-refractivity contribution in [3.8, 4) is 10.9 Å². The van der Waals surface area contributed by atoms with E-state index in [1.54, 1.807) is 0 Å². The van der Waals surface area contributed by atoms with Crippen molar-refractivity contribution in [3.63, 3.8) is 0 Å². The molecule has 0 radical (unpaired) electrons. The lowest BCUT2D eigenvalue weighted by atomic mass is 10.00. The Morgan fingerprint density at radius 1 is 1.41 bits per heavy atom. The largest absolute Gasteiger partial charge is 0.427 e. The highest BCUT2D eigenvalue weighted by atomic mass is 32.1. The van der Waals surface area contributed by atoms with Crippen LogP contribution in [0.15, 0.2) is 18.2 Å². The van der Waals surface area contributed by atoms with Gasteiger partial charge in [0.25, 0.3) is 5.19 Å². The predicted octanol–water partition coefficient (Wildman–Crippen LogP) is 2.46. The van der Waals surface area contributed by atoms with Crippen LogP contribution in [0.3, 0.4) is 0 Å². The fourth-order valence-electron chi connectivity index (χ4n) is 2.21. The first-order valence-corrected chi connectivity index (χ1v) is 7.59. The van der Waals surface area contributed by atoms with Crippen molar-refractivity contribution in [1.29, 1.82) is 0 Å². The van der Waals surface area contributed by atoms with Crippen LogP contribution < -0.4 is 10.5 Å². The van der Waals surface area contributed by atoms with Crippen LogP contribution in [0.5, 0.6) is 10.9 Å². The van der Waals surface area contributed by atoms with Crippen molar-refractivity contribution in [2.24, 2.45) is 5.73 Å². The first-order chi connectivity index (χ1) is 10.6. The Balaban J connectivity index is 1.73. The van der Waals surface area contributed by atoms with Gasteiger partial charge in [-0.15, -0.1) is 0 Å². The van der Waals surface area contributed by atoms with Crippen LogP contribution in [0.2, 0.25) is 0 Å². The summed E-state index contributed by atoms with van der Waals surface area (Å²) in [7, 11) is 0. The number of hydrogen-bond donors (Lipinski definition) is 1. The maximum Gasteiger partial charge on any atom is 0.298 e.